The molecular formula is C17H18N6O. The molecule has 0 aliphatic heterocycles. The van der Waals surface area contributed by atoms with E-state index in [9.17, 15) is 0 Å². The van der Waals surface area contributed by atoms with Crippen molar-refractivity contribution in [2.24, 2.45) is 0 Å². The predicted octanol–water partition coefficient (Wildman–Crippen LogP) is 3.02. The van der Waals surface area contributed by atoms with E-state index in [1.54, 1.807) is 18.6 Å². The van der Waals surface area contributed by atoms with E-state index in [2.05, 4.69) is 30.8 Å². The molecule has 0 aliphatic rings. The topological polar surface area (TPSA) is 84.9 Å². The molecule has 0 saturated carbocycles. The lowest BCUT2D eigenvalue weighted by Gasteiger charge is -2.12. The van der Waals surface area contributed by atoms with Crippen molar-refractivity contribution in [3.63, 3.8) is 0 Å². The van der Waals surface area contributed by atoms with Gasteiger partial charge in [-0.2, -0.15) is 10.1 Å². The number of benzene rings is 1. The van der Waals surface area contributed by atoms with Gasteiger partial charge in [0.15, 0.2) is 5.82 Å². The van der Waals surface area contributed by atoms with Crippen molar-refractivity contribution in [2.75, 3.05) is 17.2 Å². The molecule has 24 heavy (non-hydrogen) atoms. The van der Waals surface area contributed by atoms with Gasteiger partial charge in [0, 0.05) is 18.9 Å². The van der Waals surface area contributed by atoms with Crippen LogP contribution in [0.5, 0.6) is 5.75 Å². The molecule has 0 amide bonds. The summed E-state index contributed by atoms with van der Waals surface area (Å²) in [6.07, 6.45) is 5.07. The van der Waals surface area contributed by atoms with Crippen molar-refractivity contribution in [1.29, 1.82) is 0 Å². The summed E-state index contributed by atoms with van der Waals surface area (Å²) in [6, 6.07) is 11.6. The van der Waals surface area contributed by atoms with Crippen molar-refractivity contribution in [1.82, 2.24) is 20.2 Å². The van der Waals surface area contributed by atoms with Crippen LogP contribution < -0.4 is 15.4 Å². The molecule has 7 nitrogen and oxygen atoms in total. The Bertz CT molecular complexity index is 781. The number of hydrogen-bond acceptors (Lipinski definition) is 7. The van der Waals surface area contributed by atoms with Crippen LogP contribution in [0.4, 0.5) is 17.5 Å². The minimum absolute atomic E-state index is 0.450. The van der Waals surface area contributed by atoms with Gasteiger partial charge in [0.25, 0.3) is 0 Å². The predicted molar refractivity (Wildman–Crippen MR) is 92.3 cm³/mol. The van der Waals surface area contributed by atoms with Crippen LogP contribution in [0.3, 0.4) is 0 Å². The van der Waals surface area contributed by atoms with Crippen molar-refractivity contribution < 1.29 is 4.74 Å². The first-order valence-electron chi connectivity index (χ1n) is 7.66. The molecule has 0 aliphatic carbocycles. The fourth-order valence-electron chi connectivity index (χ4n) is 2.11. The highest BCUT2D eigenvalue weighted by Crippen LogP contribution is 2.26. The van der Waals surface area contributed by atoms with Crippen LogP contribution >= 0.6 is 0 Å². The first-order chi connectivity index (χ1) is 11.8. The molecule has 0 fully saturated rings. The van der Waals surface area contributed by atoms with Crippen LogP contribution in [0.2, 0.25) is 0 Å². The highest BCUT2D eigenvalue weighted by molar-refractivity contribution is 5.63. The summed E-state index contributed by atoms with van der Waals surface area (Å²) in [5.74, 6) is 1.81. The van der Waals surface area contributed by atoms with Gasteiger partial charge < -0.3 is 15.4 Å². The lowest BCUT2D eigenvalue weighted by atomic mass is 10.3. The van der Waals surface area contributed by atoms with E-state index < -0.39 is 0 Å². The molecule has 0 atom stereocenters. The van der Waals surface area contributed by atoms with Gasteiger partial charge in [0.1, 0.15) is 5.75 Å². The smallest absolute Gasteiger partial charge is 0.244 e. The normalized spacial score (nSPS) is 10.2. The van der Waals surface area contributed by atoms with Gasteiger partial charge in [-0.05, 0) is 36.8 Å². The summed E-state index contributed by atoms with van der Waals surface area (Å²) < 4.78 is 5.60. The molecule has 2 aromatic heterocycles. The molecule has 0 spiro atoms. The van der Waals surface area contributed by atoms with Crippen molar-refractivity contribution in [3.05, 3.63) is 60.6 Å². The third kappa shape index (κ3) is 4.16. The average Bonchev–Trinajstić information content (AvgIpc) is 2.63. The fourth-order valence-corrected chi connectivity index (χ4v) is 2.11. The van der Waals surface area contributed by atoms with Gasteiger partial charge in [-0.25, -0.2) is 0 Å². The zero-order valence-corrected chi connectivity index (χ0v) is 13.3. The maximum absolute atomic E-state index is 5.60. The van der Waals surface area contributed by atoms with Crippen LogP contribution in [-0.2, 0) is 6.54 Å². The number of anilines is 3. The zero-order chi connectivity index (χ0) is 16.6. The van der Waals surface area contributed by atoms with Crippen molar-refractivity contribution in [2.45, 2.75) is 13.5 Å². The standard InChI is InChI=1S/C17H18N6O/c1-2-24-15-6-4-3-5-14(15)21-16-12-20-23-17(22-16)19-11-13-7-9-18-10-8-13/h3-10,12H,2,11H2,1H3,(H2,19,21,22,23). The molecule has 0 saturated heterocycles. The second-order valence-corrected chi connectivity index (χ2v) is 4.93. The Morgan fingerprint density at radius 3 is 2.75 bits per heavy atom. The summed E-state index contributed by atoms with van der Waals surface area (Å²) in [5.41, 5.74) is 1.92. The van der Waals surface area contributed by atoms with Crippen molar-refractivity contribution in [3.8, 4) is 5.75 Å². The monoisotopic (exact) mass is 322 g/mol. The number of para-hydroxylation sites is 2. The van der Waals surface area contributed by atoms with Crippen LogP contribution in [0, 0.1) is 0 Å². The quantitative estimate of drug-likeness (QED) is 0.691. The zero-order valence-electron chi connectivity index (χ0n) is 13.3. The lowest BCUT2D eigenvalue weighted by Crippen LogP contribution is -2.06. The van der Waals surface area contributed by atoms with E-state index in [0.717, 1.165) is 17.0 Å². The molecular weight excluding hydrogens is 304 g/mol. The van der Waals surface area contributed by atoms with Crippen molar-refractivity contribution >= 4 is 17.5 Å². The number of aromatic nitrogens is 4. The van der Waals surface area contributed by atoms with Gasteiger partial charge >= 0.3 is 0 Å². The summed E-state index contributed by atoms with van der Waals surface area (Å²) in [6.45, 7) is 3.15. The van der Waals surface area contributed by atoms with Crippen LogP contribution in [0.25, 0.3) is 0 Å². The Hall–Kier alpha value is -3.22. The van der Waals surface area contributed by atoms with Crippen LogP contribution in [-0.4, -0.2) is 26.8 Å². The third-order valence-corrected chi connectivity index (χ3v) is 3.21. The van der Waals surface area contributed by atoms with Gasteiger partial charge in [-0.15, -0.1) is 5.10 Å². The first kappa shape index (κ1) is 15.7. The molecule has 3 rings (SSSR count). The number of rotatable bonds is 7. The lowest BCUT2D eigenvalue weighted by molar-refractivity contribution is 0.342. The van der Waals surface area contributed by atoms with Gasteiger partial charge in [-0.3, -0.25) is 4.98 Å². The number of pyridine rings is 1. The Kier molecular flexibility index (Phi) is 5.14. The molecule has 0 bridgehead atoms. The Morgan fingerprint density at radius 1 is 1.08 bits per heavy atom. The van der Waals surface area contributed by atoms with E-state index in [-0.39, 0.29) is 0 Å². The highest BCUT2D eigenvalue weighted by atomic mass is 16.5. The van der Waals surface area contributed by atoms with Gasteiger partial charge in [-0.1, -0.05) is 12.1 Å². The second kappa shape index (κ2) is 7.87. The molecule has 2 heterocycles. The maximum Gasteiger partial charge on any atom is 0.244 e. The van der Waals surface area contributed by atoms with E-state index >= 15 is 0 Å². The average molecular weight is 322 g/mol. The maximum atomic E-state index is 5.60. The van der Waals surface area contributed by atoms with E-state index in [0.29, 0.717) is 24.9 Å². The number of nitrogens with one attached hydrogen (secondary N) is 2. The summed E-state index contributed by atoms with van der Waals surface area (Å²) in [5, 5.41) is 14.3. The third-order valence-electron chi connectivity index (χ3n) is 3.21. The van der Waals surface area contributed by atoms with Gasteiger partial charge in [0.2, 0.25) is 5.95 Å². The Balaban J connectivity index is 1.69. The highest BCUT2D eigenvalue weighted by Gasteiger charge is 2.05. The van der Waals surface area contributed by atoms with Crippen LogP contribution in [0.15, 0.2) is 55.0 Å². The summed E-state index contributed by atoms with van der Waals surface area (Å²) in [7, 11) is 0. The van der Waals surface area contributed by atoms with E-state index in [1.165, 1.54) is 0 Å². The molecule has 0 unspecified atom stereocenters. The number of hydrogen-bond donors (Lipinski definition) is 2. The molecule has 1 aromatic carbocycles. The molecule has 2 N–H and O–H groups in total. The minimum Gasteiger partial charge on any atom is -0.492 e. The number of nitrogens with zero attached hydrogens (tertiary/aromatic N) is 4. The second-order valence-electron chi connectivity index (χ2n) is 4.93. The Labute approximate surface area is 140 Å². The summed E-state index contributed by atoms with van der Waals surface area (Å²) in [4.78, 5) is 8.41. The van der Waals surface area contributed by atoms with Crippen LogP contribution in [0.1, 0.15) is 12.5 Å². The molecule has 7 heteroatoms. The molecule has 0 radical (unpaired) electrons. The molecule has 122 valence electrons. The molecule has 3 aromatic rings. The SMILES string of the molecule is CCOc1ccccc1Nc1cnnc(NCc2ccncc2)n1. The number of ether oxygens (including phenoxy) is 1. The van der Waals surface area contributed by atoms with Gasteiger partial charge in [0.05, 0.1) is 18.5 Å². The summed E-state index contributed by atoms with van der Waals surface area (Å²) >= 11 is 0. The van der Waals surface area contributed by atoms with E-state index in [1.807, 2.05) is 43.3 Å². The minimum atomic E-state index is 0.450. The van der Waals surface area contributed by atoms with E-state index in [4.69, 9.17) is 4.74 Å². The first-order valence-corrected chi connectivity index (χ1v) is 7.66. The fraction of sp³-hybridized carbons (Fsp3) is 0.176. The largest absolute Gasteiger partial charge is 0.492 e. The Morgan fingerprint density at radius 2 is 1.92 bits per heavy atom.